The Morgan fingerprint density at radius 3 is 2.25 bits per heavy atom. The van der Waals surface area contributed by atoms with Gasteiger partial charge in [0.15, 0.2) is 0 Å². The number of hydrogen-bond acceptors (Lipinski definition) is 5. The minimum atomic E-state index is -1.38. The summed E-state index contributed by atoms with van der Waals surface area (Å²) < 4.78 is 9.05. The Morgan fingerprint density at radius 1 is 0.761 bits per heavy atom. The molecule has 0 aliphatic heterocycles. The Bertz CT molecular complexity index is 3530. The third kappa shape index (κ3) is 10.2. The number of aromatic nitrogens is 5. The summed E-state index contributed by atoms with van der Waals surface area (Å²) in [5.41, 5.74) is 15.5. The van der Waals surface area contributed by atoms with Gasteiger partial charge in [0, 0.05) is 48.5 Å². The molecule has 5 aromatic heterocycles. The summed E-state index contributed by atoms with van der Waals surface area (Å²) in [6.07, 6.45) is 9.49. The van der Waals surface area contributed by atoms with Gasteiger partial charge in [-0.1, -0.05) is 183 Å². The van der Waals surface area contributed by atoms with E-state index in [1.54, 1.807) is 0 Å². The normalized spacial score (nSPS) is 13.3. The summed E-state index contributed by atoms with van der Waals surface area (Å²) in [6.45, 7) is 22.6. The van der Waals surface area contributed by atoms with Gasteiger partial charge < -0.3 is 19.0 Å². The average Bonchev–Trinajstić information content (AvgIpc) is 4.09. The van der Waals surface area contributed by atoms with Gasteiger partial charge in [0.1, 0.15) is 0 Å². The average molecular weight is 1130 g/mol. The Balaban J connectivity index is 0.000000229. The van der Waals surface area contributed by atoms with E-state index in [0.717, 1.165) is 96.9 Å². The van der Waals surface area contributed by atoms with Crippen LogP contribution >= 0.6 is 0 Å². The Labute approximate surface area is 434 Å². The van der Waals surface area contributed by atoms with Crippen LogP contribution < -0.4 is 5.19 Å². The minimum absolute atomic E-state index is 0. The first-order valence-electron chi connectivity index (χ1n) is 25.3. The van der Waals surface area contributed by atoms with Crippen LogP contribution in [0.5, 0.6) is 0 Å². The second-order valence-electron chi connectivity index (χ2n) is 22.1. The van der Waals surface area contributed by atoms with E-state index >= 15 is 0 Å². The fraction of sp³-hybridized carbons (Fsp3) is 0.302. The number of benzene rings is 5. The molecule has 1 saturated carbocycles. The molecule has 6 nitrogen and oxygen atoms in total. The van der Waals surface area contributed by atoms with Crippen LogP contribution in [0.3, 0.4) is 0 Å². The van der Waals surface area contributed by atoms with E-state index in [9.17, 15) is 0 Å². The van der Waals surface area contributed by atoms with E-state index in [0.29, 0.717) is 11.6 Å². The molecule has 0 atom stereocenters. The van der Waals surface area contributed by atoms with Gasteiger partial charge >= 0.3 is 0 Å². The summed E-state index contributed by atoms with van der Waals surface area (Å²) >= 11 is 0. The zero-order valence-electron chi connectivity index (χ0n) is 43.0. The third-order valence-electron chi connectivity index (χ3n) is 14.1. The van der Waals surface area contributed by atoms with Crippen molar-refractivity contribution in [2.75, 3.05) is 0 Å². The summed E-state index contributed by atoms with van der Waals surface area (Å²) in [4.78, 5) is 19.7. The molecule has 363 valence electrons. The van der Waals surface area contributed by atoms with Gasteiger partial charge in [-0.25, -0.2) is 4.98 Å². The van der Waals surface area contributed by atoms with Gasteiger partial charge in [0.05, 0.1) is 30.5 Å². The molecule has 1 radical (unpaired) electrons. The third-order valence-corrected chi connectivity index (χ3v) is 16.1. The van der Waals surface area contributed by atoms with Crippen LogP contribution in [0.25, 0.3) is 83.3 Å². The molecular formula is C63H65IrN5OSi-2. The first-order chi connectivity index (χ1) is 33.6. The van der Waals surface area contributed by atoms with Crippen molar-refractivity contribution in [3.05, 3.63) is 168 Å². The Kier molecular flexibility index (Phi) is 14.2. The molecule has 0 unspecified atom stereocenters. The van der Waals surface area contributed by atoms with E-state index in [4.69, 9.17) is 19.4 Å². The Hall–Kier alpha value is -6.05. The quantitative estimate of drug-likeness (QED) is 0.106. The molecule has 0 amide bonds. The second kappa shape index (κ2) is 20.2. The van der Waals surface area contributed by atoms with E-state index in [-0.39, 0.29) is 25.5 Å². The van der Waals surface area contributed by atoms with Crippen LogP contribution in [0.1, 0.15) is 88.5 Å². The monoisotopic (exact) mass is 1130 g/mol. The fourth-order valence-electron chi connectivity index (χ4n) is 10.6. The minimum Gasteiger partial charge on any atom is -0.486 e. The fourth-order valence-corrected chi connectivity index (χ4v) is 12.2. The summed E-state index contributed by atoms with van der Waals surface area (Å²) in [5.74, 6) is 2.19. The second-order valence-corrected chi connectivity index (χ2v) is 27.1. The van der Waals surface area contributed by atoms with E-state index in [2.05, 4.69) is 191 Å². The number of hydrogen-bond donors (Lipinski definition) is 0. The number of fused-ring (bicyclic) bond motifs is 6. The van der Waals surface area contributed by atoms with Crippen molar-refractivity contribution in [3.63, 3.8) is 0 Å². The van der Waals surface area contributed by atoms with Crippen LogP contribution in [-0.2, 0) is 38.4 Å². The molecule has 1 aliphatic carbocycles. The molecule has 1 fully saturated rings. The first kappa shape index (κ1) is 49.9. The number of pyridine rings is 3. The smallest absolute Gasteiger partial charge is 0.216 e. The molecule has 11 rings (SSSR count). The van der Waals surface area contributed by atoms with Crippen molar-refractivity contribution in [1.29, 1.82) is 0 Å². The van der Waals surface area contributed by atoms with Crippen molar-refractivity contribution >= 4 is 57.1 Å². The number of imidazole rings is 1. The van der Waals surface area contributed by atoms with Crippen molar-refractivity contribution < 1.29 is 24.5 Å². The Morgan fingerprint density at radius 2 is 1.52 bits per heavy atom. The topological polar surface area (TPSA) is 69.6 Å². The van der Waals surface area contributed by atoms with Crippen molar-refractivity contribution in [2.24, 2.45) is 11.8 Å². The number of furan rings is 1. The van der Waals surface area contributed by atoms with Gasteiger partial charge in [-0.15, -0.1) is 35.9 Å². The van der Waals surface area contributed by atoms with Crippen LogP contribution in [0, 0.1) is 37.8 Å². The molecule has 5 heterocycles. The maximum Gasteiger partial charge on any atom is 0.216 e. The number of rotatable bonds is 9. The van der Waals surface area contributed by atoms with E-state index in [1.807, 2.05) is 26.0 Å². The zero-order valence-corrected chi connectivity index (χ0v) is 46.4. The maximum atomic E-state index is 6.70. The van der Waals surface area contributed by atoms with E-state index in [1.165, 1.54) is 58.5 Å². The predicted molar refractivity (Wildman–Crippen MR) is 295 cm³/mol. The molecule has 8 heteroatoms. The van der Waals surface area contributed by atoms with Crippen molar-refractivity contribution in [1.82, 2.24) is 24.5 Å². The summed E-state index contributed by atoms with van der Waals surface area (Å²) in [6, 6.07) is 50.0. The number of nitrogens with zero attached hydrogens (tertiary/aromatic N) is 5. The summed E-state index contributed by atoms with van der Waals surface area (Å²) in [5, 5.41) is 5.89. The molecule has 0 saturated heterocycles. The molecule has 10 aromatic rings. The van der Waals surface area contributed by atoms with E-state index < -0.39 is 8.07 Å². The van der Waals surface area contributed by atoms with Gasteiger partial charge in [0.2, 0.25) is 5.71 Å². The molecule has 5 aromatic carbocycles. The SMILES string of the molecule is CC(C)(C)c1cc(-c2ccccc2)ccc1-n1c(-c2[c-]ccc3c2oc2nc(CC4CCCC4)ccc23)nc2ccc3ccccc3c21.Cc1c[c-]c(-c2cc(CC(C)C)c([Si](C)(C)C)cn2)c(C)n1.[Ir]. The molecular weight excluding hydrogens is 1060 g/mol. The molecule has 71 heavy (non-hydrogen) atoms. The first-order valence-corrected chi connectivity index (χ1v) is 28.8. The standard InChI is InChI=1S/C44H38N3O.C19H27N2Si.Ir/c1-44(2,3)37-27-31(29-14-5-4-6-15-29)21-25-39(37)47-40-33-17-10-9-16-30(33)20-24-38(40)46-42(47)36-19-11-18-34-35-23-22-32(26-28-12-7-8-13-28)45-43(35)48-41(34)36;1-13(2)10-16-11-18(20-12-19(16)22(5,6)7)17-9-8-14(3)21-15(17)4;/h4-6,9-11,14-18,20-25,27-28H,7-8,12-13,26H2,1-3H3;8,11-13H,10H2,1-7H3;/q2*-1;. The predicted octanol–water partition coefficient (Wildman–Crippen LogP) is 15.9. The summed E-state index contributed by atoms with van der Waals surface area (Å²) in [7, 11) is -1.38. The number of aryl methyl sites for hydroxylation is 2. The largest absolute Gasteiger partial charge is 0.486 e. The van der Waals surface area contributed by atoms with Crippen LogP contribution in [0.2, 0.25) is 19.6 Å². The van der Waals surface area contributed by atoms with Crippen LogP contribution in [0.4, 0.5) is 0 Å². The molecule has 0 spiro atoms. The van der Waals surface area contributed by atoms with Gasteiger partial charge in [-0.2, -0.15) is 0 Å². The molecule has 0 N–H and O–H groups in total. The maximum absolute atomic E-state index is 6.70. The van der Waals surface area contributed by atoms with Crippen LogP contribution in [0.15, 0.2) is 132 Å². The van der Waals surface area contributed by atoms with Gasteiger partial charge in [-0.3, -0.25) is 4.98 Å². The van der Waals surface area contributed by atoms with Crippen molar-refractivity contribution in [3.8, 4) is 39.5 Å². The zero-order chi connectivity index (χ0) is 48.9. The molecule has 1 aliphatic rings. The molecule has 0 bridgehead atoms. The van der Waals surface area contributed by atoms with Gasteiger partial charge in [0.25, 0.3) is 0 Å². The van der Waals surface area contributed by atoms with Crippen LogP contribution in [-0.4, -0.2) is 32.6 Å². The van der Waals surface area contributed by atoms with Crippen molar-refractivity contribution in [2.45, 2.75) is 112 Å². The van der Waals surface area contributed by atoms with Gasteiger partial charge in [-0.05, 0) is 105 Å².